The lowest BCUT2D eigenvalue weighted by Crippen LogP contribution is -2.35. The maximum Gasteiger partial charge on any atom is 0.282 e. The normalized spacial score (nSPS) is 15.1. The van der Waals surface area contributed by atoms with Crippen LogP contribution in [0.2, 0.25) is 0 Å². The van der Waals surface area contributed by atoms with E-state index in [1.165, 1.54) is 23.2 Å². The number of nitrogens with one attached hydrogen (secondary N) is 1. The molecule has 1 aliphatic heterocycles. The van der Waals surface area contributed by atoms with Gasteiger partial charge in [-0.15, -0.1) is 0 Å². The van der Waals surface area contributed by atoms with Crippen LogP contribution in [0.1, 0.15) is 11.3 Å². The minimum absolute atomic E-state index is 0.00689. The summed E-state index contributed by atoms with van der Waals surface area (Å²) in [5.74, 6) is -0.942. The van der Waals surface area contributed by atoms with E-state index in [0.717, 1.165) is 5.56 Å². The van der Waals surface area contributed by atoms with E-state index in [0.29, 0.717) is 17.1 Å². The van der Waals surface area contributed by atoms with Crippen LogP contribution < -0.4 is 10.4 Å². The number of anilines is 1. The maximum absolute atomic E-state index is 12.8. The Hall–Kier alpha value is -4.20. The summed E-state index contributed by atoms with van der Waals surface area (Å²) < 4.78 is 1.74. The molecule has 0 unspecified atom stereocenters. The van der Waals surface area contributed by atoms with Gasteiger partial charge >= 0.3 is 0 Å². The van der Waals surface area contributed by atoms with E-state index < -0.39 is 16.7 Å². The van der Waals surface area contributed by atoms with Gasteiger partial charge in [-0.05, 0) is 49.4 Å². The van der Waals surface area contributed by atoms with Gasteiger partial charge in [0.15, 0.2) is 0 Å². The zero-order valence-corrected chi connectivity index (χ0v) is 15.4. The number of hydrogen-bond acceptors (Lipinski definition) is 4. The van der Waals surface area contributed by atoms with Crippen LogP contribution in [0.4, 0.5) is 11.4 Å². The van der Waals surface area contributed by atoms with Crippen molar-refractivity contribution < 1.29 is 14.5 Å². The fraction of sp³-hybridized carbons (Fsp3) is 0.0476. The van der Waals surface area contributed by atoms with Crippen LogP contribution >= 0.6 is 0 Å². The molecule has 1 aromatic heterocycles. The zero-order chi connectivity index (χ0) is 20.5. The maximum atomic E-state index is 12.8. The lowest BCUT2D eigenvalue weighted by atomic mass is 10.2. The number of carbonyl (C=O) groups is 2. The van der Waals surface area contributed by atoms with Gasteiger partial charge in [-0.1, -0.05) is 17.7 Å². The summed E-state index contributed by atoms with van der Waals surface area (Å²) in [5, 5.41) is 12.1. The van der Waals surface area contributed by atoms with E-state index in [1.54, 1.807) is 47.2 Å². The molecular formula is C21H16N4O4. The zero-order valence-electron chi connectivity index (χ0n) is 15.4. The van der Waals surface area contributed by atoms with Crippen LogP contribution in [0, 0.1) is 17.0 Å². The van der Waals surface area contributed by atoms with Crippen molar-refractivity contribution in [2.24, 2.45) is 0 Å². The molecule has 1 saturated heterocycles. The van der Waals surface area contributed by atoms with E-state index in [-0.39, 0.29) is 11.3 Å². The van der Waals surface area contributed by atoms with Crippen molar-refractivity contribution in [1.82, 2.24) is 9.99 Å². The Kier molecular flexibility index (Phi) is 4.44. The number of aryl methyl sites for hydroxylation is 1. The summed E-state index contributed by atoms with van der Waals surface area (Å²) in [4.78, 5) is 35.6. The lowest BCUT2D eigenvalue weighted by Gasteiger charge is -2.14. The number of nitro benzene ring substituents is 1. The van der Waals surface area contributed by atoms with Gasteiger partial charge in [0.25, 0.3) is 17.5 Å². The number of benzene rings is 2. The molecule has 2 heterocycles. The molecule has 0 bridgehead atoms. The van der Waals surface area contributed by atoms with Crippen molar-refractivity contribution in [2.75, 3.05) is 5.01 Å². The second kappa shape index (κ2) is 7.08. The molecule has 8 nitrogen and oxygen atoms in total. The van der Waals surface area contributed by atoms with Crippen molar-refractivity contribution in [3.63, 3.8) is 0 Å². The molecule has 144 valence electrons. The third-order valence-electron chi connectivity index (χ3n) is 4.59. The molecule has 2 aromatic carbocycles. The topological polar surface area (TPSA) is 97.5 Å². The molecule has 29 heavy (non-hydrogen) atoms. The van der Waals surface area contributed by atoms with E-state index in [4.69, 9.17) is 0 Å². The number of hydrogen-bond donors (Lipinski definition) is 1. The first-order chi connectivity index (χ1) is 13.9. The summed E-state index contributed by atoms with van der Waals surface area (Å²) >= 11 is 0. The Balaban J connectivity index is 1.66. The molecule has 8 heteroatoms. The molecule has 0 atom stereocenters. The summed E-state index contributed by atoms with van der Waals surface area (Å²) in [5.41, 5.74) is 5.46. The van der Waals surface area contributed by atoms with Gasteiger partial charge in [0.1, 0.15) is 5.57 Å². The van der Waals surface area contributed by atoms with Gasteiger partial charge in [-0.2, -0.15) is 0 Å². The molecule has 0 spiro atoms. The second-order valence-corrected chi connectivity index (χ2v) is 6.55. The Morgan fingerprint density at radius 1 is 0.966 bits per heavy atom. The van der Waals surface area contributed by atoms with Gasteiger partial charge < -0.3 is 4.57 Å². The number of nitrogens with zero attached hydrogens (tertiary/aromatic N) is 3. The van der Waals surface area contributed by atoms with Crippen LogP contribution in [-0.2, 0) is 9.59 Å². The molecule has 0 aliphatic carbocycles. The van der Waals surface area contributed by atoms with Crippen molar-refractivity contribution in [2.45, 2.75) is 6.92 Å². The average molecular weight is 388 g/mol. The average Bonchev–Trinajstić information content (AvgIpc) is 3.29. The van der Waals surface area contributed by atoms with Crippen LogP contribution in [-0.4, -0.2) is 21.3 Å². The van der Waals surface area contributed by atoms with Crippen molar-refractivity contribution in [3.8, 4) is 5.69 Å². The minimum Gasteiger partial charge on any atom is -0.317 e. The Bertz CT molecular complexity index is 1140. The largest absolute Gasteiger partial charge is 0.317 e. The van der Waals surface area contributed by atoms with Crippen molar-refractivity contribution in [3.05, 3.63) is 93.8 Å². The number of carbonyl (C=O) groups excluding carboxylic acids is 2. The highest BCUT2D eigenvalue weighted by atomic mass is 16.6. The molecule has 0 radical (unpaired) electrons. The first-order valence-electron chi connectivity index (χ1n) is 8.80. The van der Waals surface area contributed by atoms with E-state index in [2.05, 4.69) is 5.43 Å². The van der Waals surface area contributed by atoms with Crippen LogP contribution in [0.15, 0.2) is 72.4 Å². The highest BCUT2D eigenvalue weighted by molar-refractivity contribution is 6.31. The summed E-state index contributed by atoms with van der Waals surface area (Å²) in [6.45, 7) is 1.94. The van der Waals surface area contributed by atoms with Crippen LogP contribution in [0.3, 0.4) is 0 Å². The number of non-ortho nitro benzene ring substituents is 1. The third kappa shape index (κ3) is 3.39. The van der Waals surface area contributed by atoms with Gasteiger partial charge in [0.2, 0.25) is 0 Å². The number of hydrazine groups is 1. The van der Waals surface area contributed by atoms with Gasteiger partial charge in [-0.3, -0.25) is 25.1 Å². The Morgan fingerprint density at radius 2 is 1.62 bits per heavy atom. The van der Waals surface area contributed by atoms with Crippen molar-refractivity contribution >= 4 is 29.3 Å². The minimum atomic E-state index is -0.493. The van der Waals surface area contributed by atoms with Gasteiger partial charge in [0.05, 0.1) is 10.6 Å². The van der Waals surface area contributed by atoms with Crippen LogP contribution in [0.25, 0.3) is 11.8 Å². The lowest BCUT2D eigenvalue weighted by molar-refractivity contribution is -0.384. The monoisotopic (exact) mass is 388 g/mol. The molecule has 1 aliphatic rings. The second-order valence-electron chi connectivity index (χ2n) is 6.55. The summed E-state index contributed by atoms with van der Waals surface area (Å²) in [6, 6.07) is 16.8. The molecule has 4 rings (SSSR count). The summed E-state index contributed by atoms with van der Waals surface area (Å²) in [7, 11) is 0. The van der Waals surface area contributed by atoms with Crippen LogP contribution in [0.5, 0.6) is 0 Å². The molecule has 1 fully saturated rings. The molecule has 1 N–H and O–H groups in total. The highest BCUT2D eigenvalue weighted by Crippen LogP contribution is 2.24. The van der Waals surface area contributed by atoms with E-state index in [9.17, 15) is 19.7 Å². The fourth-order valence-electron chi connectivity index (χ4n) is 3.06. The number of rotatable bonds is 4. The Morgan fingerprint density at radius 3 is 2.28 bits per heavy atom. The molecular weight excluding hydrogens is 372 g/mol. The number of aromatic nitrogens is 1. The number of amides is 2. The standard InChI is InChI=1S/C21H16N4O4/c1-14-4-6-16(7-5-14)24-21(27)19(20(26)22-24)13-18-3-2-12-23(18)15-8-10-17(11-9-15)25(28)29/h2-13H,1H3,(H,22,26). The predicted octanol–water partition coefficient (Wildman–Crippen LogP) is 3.16. The van der Waals surface area contributed by atoms with E-state index >= 15 is 0 Å². The first kappa shape index (κ1) is 18.2. The third-order valence-corrected chi connectivity index (χ3v) is 4.59. The quantitative estimate of drug-likeness (QED) is 0.321. The SMILES string of the molecule is Cc1ccc(N2NC(=O)C(=Cc3cccn3-c3ccc([N+](=O)[O-])cc3)C2=O)cc1. The first-order valence-corrected chi connectivity index (χ1v) is 8.80. The van der Waals surface area contributed by atoms with Crippen molar-refractivity contribution in [1.29, 1.82) is 0 Å². The smallest absolute Gasteiger partial charge is 0.282 e. The molecule has 3 aromatic rings. The molecule has 2 amide bonds. The van der Waals surface area contributed by atoms with Gasteiger partial charge in [0, 0.05) is 29.7 Å². The summed E-state index contributed by atoms with van der Waals surface area (Å²) in [6.07, 6.45) is 3.26. The highest BCUT2D eigenvalue weighted by Gasteiger charge is 2.34. The fourth-order valence-corrected chi connectivity index (χ4v) is 3.06. The Labute approximate surface area is 165 Å². The molecule has 0 saturated carbocycles. The van der Waals surface area contributed by atoms with Gasteiger partial charge in [-0.25, -0.2) is 5.01 Å². The number of nitro groups is 1. The predicted molar refractivity (Wildman–Crippen MR) is 107 cm³/mol. The van der Waals surface area contributed by atoms with E-state index in [1.807, 2.05) is 19.1 Å².